The molecule has 0 aliphatic heterocycles. The first-order valence-corrected chi connectivity index (χ1v) is 4.90. The van der Waals surface area contributed by atoms with E-state index < -0.39 is 0 Å². The van der Waals surface area contributed by atoms with Crippen LogP contribution in [0.4, 0.5) is 4.39 Å². The number of hydrogen-bond acceptors (Lipinski definition) is 3. The fraction of sp³-hybridized carbons (Fsp3) is 0.364. The first-order chi connectivity index (χ1) is 7.67. The van der Waals surface area contributed by atoms with E-state index in [0.29, 0.717) is 12.1 Å². The van der Waals surface area contributed by atoms with E-state index in [2.05, 4.69) is 5.32 Å². The number of ether oxygens (including phenoxy) is 1. The van der Waals surface area contributed by atoms with Crippen LogP contribution in [0.15, 0.2) is 18.2 Å². The monoisotopic (exact) mass is 262 g/mol. The van der Waals surface area contributed by atoms with Crippen LogP contribution >= 0.6 is 12.4 Å². The van der Waals surface area contributed by atoms with Gasteiger partial charge in [-0.2, -0.15) is 0 Å². The number of hydrogen-bond donors (Lipinski definition) is 2. The van der Waals surface area contributed by atoms with E-state index in [0.717, 1.165) is 5.56 Å². The van der Waals surface area contributed by atoms with Crippen LogP contribution < -0.4 is 11.1 Å². The largest absolute Gasteiger partial charge is 0.380 e. The molecule has 0 radical (unpaired) electrons. The Hall–Kier alpha value is -1.17. The predicted molar refractivity (Wildman–Crippen MR) is 65.3 cm³/mol. The summed E-state index contributed by atoms with van der Waals surface area (Å²) in [7, 11) is 1.50. The number of carbonyl (C=O) groups excluding carboxylic acids is 1. The van der Waals surface area contributed by atoms with Crippen LogP contribution in [0, 0.1) is 5.82 Å². The van der Waals surface area contributed by atoms with Gasteiger partial charge in [-0.25, -0.2) is 4.39 Å². The summed E-state index contributed by atoms with van der Waals surface area (Å²) in [6.45, 7) is 0.504. The highest BCUT2D eigenvalue weighted by molar-refractivity contribution is 5.85. The molecule has 17 heavy (non-hydrogen) atoms. The van der Waals surface area contributed by atoms with Crippen LogP contribution in [0.2, 0.25) is 0 Å². The van der Waals surface area contributed by atoms with Crippen LogP contribution in [0.5, 0.6) is 0 Å². The number of amides is 1. The fourth-order valence-electron chi connectivity index (χ4n) is 1.28. The van der Waals surface area contributed by atoms with Crippen molar-refractivity contribution >= 4 is 18.3 Å². The molecule has 0 saturated carbocycles. The van der Waals surface area contributed by atoms with E-state index in [4.69, 9.17) is 10.5 Å². The Morgan fingerprint density at radius 3 is 2.82 bits per heavy atom. The minimum absolute atomic E-state index is 0. The number of methoxy groups -OCH3 is 1. The van der Waals surface area contributed by atoms with Crippen molar-refractivity contribution in [1.29, 1.82) is 0 Å². The first kappa shape index (κ1) is 15.8. The molecule has 0 aliphatic rings. The Morgan fingerprint density at radius 2 is 2.24 bits per heavy atom. The summed E-state index contributed by atoms with van der Waals surface area (Å²) < 4.78 is 18.1. The highest BCUT2D eigenvalue weighted by Gasteiger charge is 2.04. The van der Waals surface area contributed by atoms with Gasteiger partial charge in [-0.3, -0.25) is 4.79 Å². The van der Waals surface area contributed by atoms with Crippen molar-refractivity contribution in [2.24, 2.45) is 5.73 Å². The maximum absolute atomic E-state index is 13.2. The summed E-state index contributed by atoms with van der Waals surface area (Å²) in [5, 5.41) is 2.61. The Kier molecular flexibility index (Phi) is 7.45. The standard InChI is InChI=1S/C11H15FN2O2.ClH/c1-16-7-9-4-8(2-3-10(9)12)6-14-11(15)5-13;/h2-4H,5-7,13H2,1H3,(H,14,15);1H. The van der Waals surface area contributed by atoms with Gasteiger partial charge >= 0.3 is 0 Å². The molecule has 0 aromatic heterocycles. The molecule has 1 aromatic carbocycles. The molecule has 0 aliphatic carbocycles. The number of rotatable bonds is 5. The second-order valence-electron chi connectivity index (χ2n) is 3.34. The van der Waals surface area contributed by atoms with Gasteiger partial charge in [-0.1, -0.05) is 6.07 Å². The molecule has 0 heterocycles. The second kappa shape index (κ2) is 8.00. The molecule has 1 rings (SSSR count). The van der Waals surface area contributed by atoms with Crippen molar-refractivity contribution in [2.75, 3.05) is 13.7 Å². The number of benzene rings is 1. The van der Waals surface area contributed by atoms with Gasteiger partial charge in [-0.05, 0) is 17.7 Å². The summed E-state index contributed by atoms with van der Waals surface area (Å²) in [5.41, 5.74) is 6.43. The fourth-order valence-corrected chi connectivity index (χ4v) is 1.28. The van der Waals surface area contributed by atoms with Crippen molar-refractivity contribution in [2.45, 2.75) is 13.2 Å². The van der Waals surface area contributed by atoms with Crippen LogP contribution in [0.25, 0.3) is 0 Å². The predicted octanol–water partition coefficient (Wildman–Crippen LogP) is 0.969. The topological polar surface area (TPSA) is 64.3 Å². The van der Waals surface area contributed by atoms with Gasteiger partial charge in [0.2, 0.25) is 5.91 Å². The Labute approximate surface area is 106 Å². The zero-order valence-electron chi connectivity index (χ0n) is 9.53. The van der Waals surface area contributed by atoms with Gasteiger partial charge in [0.25, 0.3) is 0 Å². The summed E-state index contributed by atoms with van der Waals surface area (Å²) in [5.74, 6) is -0.548. The van der Waals surface area contributed by atoms with Crippen LogP contribution in [0.3, 0.4) is 0 Å². The van der Waals surface area contributed by atoms with Gasteiger partial charge in [0, 0.05) is 19.2 Å². The minimum atomic E-state index is -0.309. The van der Waals surface area contributed by atoms with Gasteiger partial charge < -0.3 is 15.8 Å². The summed E-state index contributed by atoms with van der Waals surface area (Å²) in [4.78, 5) is 10.9. The molecule has 0 unspecified atom stereocenters. The van der Waals surface area contributed by atoms with Crippen LogP contribution in [-0.4, -0.2) is 19.6 Å². The molecule has 0 atom stereocenters. The van der Waals surface area contributed by atoms with E-state index in [-0.39, 0.29) is 37.3 Å². The SMILES string of the molecule is COCc1cc(CNC(=O)CN)ccc1F.Cl. The van der Waals surface area contributed by atoms with E-state index in [1.807, 2.05) is 0 Å². The molecule has 0 saturated heterocycles. The van der Waals surface area contributed by atoms with Gasteiger partial charge in [0.1, 0.15) is 5.82 Å². The summed E-state index contributed by atoms with van der Waals surface area (Å²) >= 11 is 0. The third-order valence-electron chi connectivity index (χ3n) is 2.09. The van der Waals surface area contributed by atoms with Crippen molar-refractivity contribution in [3.63, 3.8) is 0 Å². The molecular formula is C11H16ClFN2O2. The van der Waals surface area contributed by atoms with E-state index in [9.17, 15) is 9.18 Å². The molecule has 3 N–H and O–H groups in total. The third kappa shape index (κ3) is 5.12. The Bertz CT molecular complexity index is 374. The number of nitrogens with two attached hydrogens (primary N) is 1. The molecular weight excluding hydrogens is 247 g/mol. The molecule has 0 fully saturated rings. The molecule has 0 spiro atoms. The Balaban J connectivity index is 0.00000256. The first-order valence-electron chi connectivity index (χ1n) is 4.90. The highest BCUT2D eigenvalue weighted by atomic mass is 35.5. The lowest BCUT2D eigenvalue weighted by molar-refractivity contribution is -0.119. The third-order valence-corrected chi connectivity index (χ3v) is 2.09. The smallest absolute Gasteiger partial charge is 0.234 e. The van der Waals surface area contributed by atoms with Crippen LogP contribution in [-0.2, 0) is 22.7 Å². The highest BCUT2D eigenvalue weighted by Crippen LogP contribution is 2.11. The molecule has 6 heteroatoms. The average Bonchev–Trinajstić information content (AvgIpc) is 2.30. The number of halogens is 2. The molecule has 1 aromatic rings. The number of nitrogens with one attached hydrogen (secondary N) is 1. The van der Waals surface area contributed by atoms with E-state index in [1.165, 1.54) is 13.2 Å². The lowest BCUT2D eigenvalue weighted by Crippen LogP contribution is -2.29. The minimum Gasteiger partial charge on any atom is -0.380 e. The molecule has 96 valence electrons. The lowest BCUT2D eigenvalue weighted by Gasteiger charge is -2.07. The normalized spacial score (nSPS) is 9.59. The average molecular weight is 263 g/mol. The zero-order chi connectivity index (χ0) is 12.0. The quantitative estimate of drug-likeness (QED) is 0.831. The maximum atomic E-state index is 13.2. The van der Waals surface area contributed by atoms with Crippen LogP contribution in [0.1, 0.15) is 11.1 Å². The summed E-state index contributed by atoms with van der Waals surface area (Å²) in [6.07, 6.45) is 0. The van der Waals surface area contributed by atoms with E-state index in [1.54, 1.807) is 12.1 Å². The van der Waals surface area contributed by atoms with Crippen molar-refractivity contribution in [3.05, 3.63) is 35.1 Å². The molecule has 1 amide bonds. The molecule has 4 nitrogen and oxygen atoms in total. The van der Waals surface area contributed by atoms with E-state index >= 15 is 0 Å². The Morgan fingerprint density at radius 1 is 1.53 bits per heavy atom. The van der Waals surface area contributed by atoms with Crippen molar-refractivity contribution in [3.8, 4) is 0 Å². The van der Waals surface area contributed by atoms with Gasteiger partial charge in [-0.15, -0.1) is 12.4 Å². The van der Waals surface area contributed by atoms with Crippen molar-refractivity contribution in [1.82, 2.24) is 5.32 Å². The number of carbonyl (C=O) groups is 1. The zero-order valence-corrected chi connectivity index (χ0v) is 10.3. The lowest BCUT2D eigenvalue weighted by atomic mass is 10.1. The molecule has 0 bridgehead atoms. The maximum Gasteiger partial charge on any atom is 0.234 e. The summed E-state index contributed by atoms with van der Waals surface area (Å²) in [6, 6.07) is 4.64. The van der Waals surface area contributed by atoms with Gasteiger partial charge in [0.15, 0.2) is 0 Å². The van der Waals surface area contributed by atoms with Gasteiger partial charge in [0.05, 0.1) is 13.2 Å². The second-order valence-corrected chi connectivity index (χ2v) is 3.34. The van der Waals surface area contributed by atoms with Crippen molar-refractivity contribution < 1.29 is 13.9 Å².